The molecule has 1 fully saturated rings. The number of ether oxygens (including phenoxy) is 2. The lowest BCUT2D eigenvalue weighted by atomic mass is 10.1. The fourth-order valence-corrected chi connectivity index (χ4v) is 4.49. The summed E-state index contributed by atoms with van der Waals surface area (Å²) in [5.74, 6) is 2.53. The SMILES string of the molecule is COc1ncnc(C2CC2)c1-c1ncc(OC(C)C)c(N(C)Cc2ccc(-c3nc(C(F)(F)F)cn3C)cc2)n1. The monoisotopic (exact) mass is 553 g/mol. The molecular weight excluding hydrogens is 523 g/mol. The zero-order valence-corrected chi connectivity index (χ0v) is 22.9. The van der Waals surface area contributed by atoms with E-state index in [0.29, 0.717) is 46.9 Å². The molecule has 3 heterocycles. The van der Waals surface area contributed by atoms with Gasteiger partial charge in [0.1, 0.15) is 17.7 Å². The molecule has 0 radical (unpaired) electrons. The zero-order chi connectivity index (χ0) is 28.6. The molecule has 4 aromatic rings. The summed E-state index contributed by atoms with van der Waals surface area (Å²) in [6, 6.07) is 7.24. The average Bonchev–Trinajstić information content (AvgIpc) is 3.68. The first-order chi connectivity index (χ1) is 19.0. The molecule has 210 valence electrons. The summed E-state index contributed by atoms with van der Waals surface area (Å²) in [6.45, 7) is 4.31. The lowest BCUT2D eigenvalue weighted by Crippen LogP contribution is -2.21. The zero-order valence-electron chi connectivity index (χ0n) is 22.9. The predicted molar refractivity (Wildman–Crippen MR) is 143 cm³/mol. The van der Waals surface area contributed by atoms with Crippen molar-refractivity contribution in [2.24, 2.45) is 7.05 Å². The Morgan fingerprint density at radius 2 is 1.80 bits per heavy atom. The van der Waals surface area contributed by atoms with Crippen LogP contribution in [0.3, 0.4) is 0 Å². The van der Waals surface area contributed by atoms with Crippen molar-refractivity contribution in [2.75, 3.05) is 19.1 Å². The van der Waals surface area contributed by atoms with Crippen molar-refractivity contribution in [3.8, 4) is 34.4 Å². The molecule has 0 unspecified atom stereocenters. The Labute approximate surface area is 230 Å². The van der Waals surface area contributed by atoms with Crippen LogP contribution in [-0.4, -0.2) is 49.7 Å². The van der Waals surface area contributed by atoms with E-state index in [1.807, 2.05) is 37.9 Å². The van der Waals surface area contributed by atoms with Crippen LogP contribution >= 0.6 is 0 Å². The molecule has 5 rings (SSSR count). The van der Waals surface area contributed by atoms with Crippen molar-refractivity contribution in [1.82, 2.24) is 29.5 Å². The first kappa shape index (κ1) is 27.4. The third-order valence-electron chi connectivity index (χ3n) is 6.48. The van der Waals surface area contributed by atoms with Gasteiger partial charge in [0.25, 0.3) is 0 Å². The van der Waals surface area contributed by atoms with E-state index in [1.54, 1.807) is 32.5 Å². The third kappa shape index (κ3) is 5.70. The summed E-state index contributed by atoms with van der Waals surface area (Å²) in [7, 11) is 5.00. The summed E-state index contributed by atoms with van der Waals surface area (Å²) in [5, 5.41) is 0. The Morgan fingerprint density at radius 1 is 1.07 bits per heavy atom. The molecule has 1 aliphatic rings. The molecule has 9 nitrogen and oxygen atoms in total. The number of alkyl halides is 3. The van der Waals surface area contributed by atoms with Gasteiger partial charge in [-0.05, 0) is 32.3 Å². The van der Waals surface area contributed by atoms with E-state index in [0.717, 1.165) is 30.3 Å². The predicted octanol–water partition coefficient (Wildman–Crippen LogP) is 5.66. The Kier molecular flexibility index (Phi) is 7.35. The Morgan fingerprint density at radius 3 is 2.40 bits per heavy atom. The van der Waals surface area contributed by atoms with Gasteiger partial charge in [-0.25, -0.2) is 24.9 Å². The Bertz CT molecular complexity index is 1500. The number of anilines is 1. The van der Waals surface area contributed by atoms with Gasteiger partial charge in [-0.3, -0.25) is 0 Å². The molecule has 40 heavy (non-hydrogen) atoms. The van der Waals surface area contributed by atoms with E-state index >= 15 is 0 Å². The van der Waals surface area contributed by atoms with E-state index in [9.17, 15) is 13.2 Å². The largest absolute Gasteiger partial charge is 0.486 e. The van der Waals surface area contributed by atoms with E-state index in [2.05, 4.69) is 19.9 Å². The number of benzene rings is 1. The lowest BCUT2D eigenvalue weighted by Gasteiger charge is -2.23. The third-order valence-corrected chi connectivity index (χ3v) is 6.48. The van der Waals surface area contributed by atoms with Gasteiger partial charge >= 0.3 is 6.18 Å². The number of imidazole rings is 1. The van der Waals surface area contributed by atoms with Gasteiger partial charge in [-0.2, -0.15) is 13.2 Å². The number of hydrogen-bond donors (Lipinski definition) is 0. The molecule has 1 aromatic carbocycles. The molecule has 0 spiro atoms. The number of halogens is 3. The van der Waals surface area contributed by atoms with Crippen molar-refractivity contribution < 1.29 is 22.6 Å². The molecule has 1 aliphatic carbocycles. The second-order valence-corrected chi connectivity index (χ2v) is 10.1. The van der Waals surface area contributed by atoms with Crippen LogP contribution in [0.4, 0.5) is 19.0 Å². The minimum Gasteiger partial charge on any atom is -0.486 e. The normalized spacial score (nSPS) is 13.5. The summed E-state index contributed by atoms with van der Waals surface area (Å²) >= 11 is 0. The van der Waals surface area contributed by atoms with Crippen molar-refractivity contribution in [1.29, 1.82) is 0 Å². The highest BCUT2D eigenvalue weighted by atomic mass is 19.4. The topological polar surface area (TPSA) is 91.1 Å². The van der Waals surface area contributed by atoms with Crippen molar-refractivity contribution in [3.63, 3.8) is 0 Å². The fourth-order valence-electron chi connectivity index (χ4n) is 4.49. The minimum atomic E-state index is -4.50. The molecule has 1 saturated carbocycles. The molecule has 0 saturated heterocycles. The smallest absolute Gasteiger partial charge is 0.434 e. The fraction of sp³-hybridized carbons (Fsp3) is 0.393. The highest BCUT2D eigenvalue weighted by molar-refractivity contribution is 5.68. The lowest BCUT2D eigenvalue weighted by molar-refractivity contribution is -0.140. The van der Waals surface area contributed by atoms with Gasteiger partial charge in [0.05, 0.1) is 25.1 Å². The number of methoxy groups -OCH3 is 1. The van der Waals surface area contributed by atoms with E-state index < -0.39 is 11.9 Å². The molecule has 0 N–H and O–H groups in total. The highest BCUT2D eigenvalue weighted by Crippen LogP contribution is 2.45. The van der Waals surface area contributed by atoms with E-state index in [4.69, 9.17) is 14.5 Å². The van der Waals surface area contributed by atoms with Crippen molar-refractivity contribution >= 4 is 5.82 Å². The van der Waals surface area contributed by atoms with Crippen LogP contribution in [0.1, 0.15) is 49.6 Å². The second kappa shape index (κ2) is 10.7. The summed E-state index contributed by atoms with van der Waals surface area (Å²) in [5.41, 5.74) is 2.14. The number of aryl methyl sites for hydroxylation is 1. The molecule has 12 heteroatoms. The Hall–Kier alpha value is -4.22. The maximum absolute atomic E-state index is 13.1. The number of nitrogens with zero attached hydrogens (tertiary/aromatic N) is 7. The van der Waals surface area contributed by atoms with Crippen LogP contribution in [0.25, 0.3) is 22.8 Å². The van der Waals surface area contributed by atoms with Gasteiger partial charge in [0.2, 0.25) is 5.88 Å². The van der Waals surface area contributed by atoms with Gasteiger partial charge in [0, 0.05) is 38.3 Å². The molecule has 3 aromatic heterocycles. The molecule has 0 amide bonds. The molecule has 0 atom stereocenters. The summed E-state index contributed by atoms with van der Waals surface area (Å²) in [6.07, 6.45) is 1.62. The van der Waals surface area contributed by atoms with E-state index in [-0.39, 0.29) is 11.9 Å². The van der Waals surface area contributed by atoms with Gasteiger partial charge in [-0.1, -0.05) is 24.3 Å². The first-order valence-electron chi connectivity index (χ1n) is 12.9. The van der Waals surface area contributed by atoms with Crippen LogP contribution in [0, 0.1) is 0 Å². The highest BCUT2D eigenvalue weighted by Gasteiger charge is 2.35. The van der Waals surface area contributed by atoms with Gasteiger partial charge < -0.3 is 18.9 Å². The first-order valence-corrected chi connectivity index (χ1v) is 12.9. The minimum absolute atomic E-state index is 0.100. The molecule has 0 bridgehead atoms. The van der Waals surface area contributed by atoms with Gasteiger partial charge in [-0.15, -0.1) is 0 Å². The van der Waals surface area contributed by atoms with Crippen molar-refractivity contribution in [3.05, 3.63) is 59.9 Å². The number of hydrogen-bond acceptors (Lipinski definition) is 8. The second-order valence-electron chi connectivity index (χ2n) is 10.1. The summed E-state index contributed by atoms with van der Waals surface area (Å²) < 4.78 is 52.3. The maximum Gasteiger partial charge on any atom is 0.434 e. The van der Waals surface area contributed by atoms with Crippen LogP contribution < -0.4 is 14.4 Å². The van der Waals surface area contributed by atoms with E-state index in [1.165, 1.54) is 10.9 Å². The quantitative estimate of drug-likeness (QED) is 0.262. The summed E-state index contributed by atoms with van der Waals surface area (Å²) in [4.78, 5) is 24.0. The van der Waals surface area contributed by atoms with Crippen molar-refractivity contribution in [2.45, 2.75) is 51.4 Å². The molecule has 0 aliphatic heterocycles. The van der Waals surface area contributed by atoms with Crippen LogP contribution in [0.15, 0.2) is 43.0 Å². The maximum atomic E-state index is 13.1. The van der Waals surface area contributed by atoms with Crippen LogP contribution in [-0.2, 0) is 19.8 Å². The van der Waals surface area contributed by atoms with Gasteiger partial charge in [0.15, 0.2) is 23.1 Å². The number of aromatic nitrogens is 6. The average molecular weight is 554 g/mol. The van der Waals surface area contributed by atoms with Crippen LogP contribution in [0.5, 0.6) is 11.6 Å². The number of rotatable bonds is 9. The van der Waals surface area contributed by atoms with Crippen LogP contribution in [0.2, 0.25) is 0 Å². The standard InChI is InChI=1S/C28H30F3N7O2/c1-16(2)40-20-12-32-24(22-23(18-10-11-18)33-15-34-27(22)39-5)36-26(20)37(3)13-17-6-8-19(9-7-17)25-35-21(14-38(25)4)28(29,30)31/h6-9,12,14-16,18H,10-11,13H2,1-5H3. The molecular formula is C28H30F3N7O2. The Balaban J connectivity index is 1.45.